The lowest BCUT2D eigenvalue weighted by atomic mass is 9.82. The van der Waals surface area contributed by atoms with Crippen molar-refractivity contribution in [3.63, 3.8) is 0 Å². The van der Waals surface area contributed by atoms with Crippen molar-refractivity contribution in [1.29, 1.82) is 0 Å². The summed E-state index contributed by atoms with van der Waals surface area (Å²) in [4.78, 5) is 0. The minimum Gasteiger partial charge on any atom is -0.381 e. The number of benzene rings is 2. The lowest BCUT2D eigenvalue weighted by molar-refractivity contribution is 0.579. The predicted octanol–water partition coefficient (Wildman–Crippen LogP) is 5.22. The summed E-state index contributed by atoms with van der Waals surface area (Å²) in [6.07, 6.45) is 2.43. The Labute approximate surface area is 152 Å². The summed E-state index contributed by atoms with van der Waals surface area (Å²) in [5, 5.41) is 7.37. The number of rotatable bonds is 1. The van der Waals surface area contributed by atoms with E-state index in [1.165, 1.54) is 40.8 Å². The Kier molecular flexibility index (Phi) is 4.11. The van der Waals surface area contributed by atoms with Crippen LogP contribution in [0.2, 0.25) is 0 Å². The molecule has 0 bridgehead atoms. The highest BCUT2D eigenvalue weighted by Gasteiger charge is 2.34. The highest BCUT2D eigenvalue weighted by atomic mass is 15.0. The lowest BCUT2D eigenvalue weighted by Crippen LogP contribution is -2.21. The molecule has 2 atom stereocenters. The van der Waals surface area contributed by atoms with E-state index in [0.717, 1.165) is 13.1 Å². The number of aryl methyl sites for hydroxylation is 1. The number of hydrogen-bond donors (Lipinski definition) is 2. The second kappa shape index (κ2) is 6.17. The Morgan fingerprint density at radius 1 is 1.00 bits per heavy atom. The molecule has 2 aliphatic rings. The van der Waals surface area contributed by atoms with Crippen molar-refractivity contribution < 1.29 is 0 Å². The van der Waals surface area contributed by atoms with E-state index in [1.807, 2.05) is 0 Å². The highest BCUT2D eigenvalue weighted by molar-refractivity contribution is 5.78. The first-order chi connectivity index (χ1) is 11.9. The summed E-state index contributed by atoms with van der Waals surface area (Å²) in [6, 6.07) is 14.5. The maximum Gasteiger partial charge on any atom is 0.0384 e. The average molecular weight is 335 g/mol. The SMILES string of the molecule is Cc1cc(-c2cccc3c2C2CCNCCC2N3)cc(C(C)(C)C)c1. The van der Waals surface area contributed by atoms with E-state index in [9.17, 15) is 0 Å². The van der Waals surface area contributed by atoms with E-state index in [1.54, 1.807) is 5.56 Å². The second-order valence-corrected chi connectivity index (χ2v) is 8.79. The van der Waals surface area contributed by atoms with E-state index < -0.39 is 0 Å². The fourth-order valence-corrected chi connectivity index (χ4v) is 4.47. The monoisotopic (exact) mass is 334 g/mol. The van der Waals surface area contributed by atoms with E-state index >= 15 is 0 Å². The lowest BCUT2D eigenvalue weighted by Gasteiger charge is -2.22. The molecule has 2 unspecified atom stereocenters. The van der Waals surface area contributed by atoms with Gasteiger partial charge in [0.2, 0.25) is 0 Å². The van der Waals surface area contributed by atoms with Crippen molar-refractivity contribution in [3.8, 4) is 11.1 Å². The molecule has 0 saturated carbocycles. The molecule has 1 saturated heterocycles. The molecule has 1 fully saturated rings. The molecular weight excluding hydrogens is 304 g/mol. The van der Waals surface area contributed by atoms with Crippen LogP contribution in [0.25, 0.3) is 11.1 Å². The Balaban J connectivity index is 1.84. The summed E-state index contributed by atoms with van der Waals surface area (Å²) in [6.45, 7) is 11.4. The minimum absolute atomic E-state index is 0.172. The van der Waals surface area contributed by atoms with Crippen LogP contribution in [0.4, 0.5) is 5.69 Å². The first kappa shape index (κ1) is 16.7. The third kappa shape index (κ3) is 3.08. The number of hydrogen-bond acceptors (Lipinski definition) is 2. The van der Waals surface area contributed by atoms with Crippen LogP contribution in [0, 0.1) is 6.92 Å². The number of anilines is 1. The third-order valence-electron chi connectivity index (χ3n) is 5.82. The molecule has 0 aliphatic carbocycles. The zero-order valence-corrected chi connectivity index (χ0v) is 15.9. The Hall–Kier alpha value is -1.80. The van der Waals surface area contributed by atoms with Gasteiger partial charge in [0.1, 0.15) is 0 Å². The molecule has 2 heterocycles. The predicted molar refractivity (Wildman–Crippen MR) is 108 cm³/mol. The molecule has 0 amide bonds. The summed E-state index contributed by atoms with van der Waals surface area (Å²) >= 11 is 0. The molecule has 2 aromatic carbocycles. The molecule has 2 nitrogen and oxygen atoms in total. The zero-order valence-electron chi connectivity index (χ0n) is 15.9. The Morgan fingerprint density at radius 3 is 2.60 bits per heavy atom. The van der Waals surface area contributed by atoms with Gasteiger partial charge in [0, 0.05) is 17.6 Å². The molecule has 0 aromatic heterocycles. The van der Waals surface area contributed by atoms with Crippen molar-refractivity contribution in [2.75, 3.05) is 18.4 Å². The van der Waals surface area contributed by atoms with Gasteiger partial charge in [-0.05, 0) is 66.6 Å². The third-order valence-corrected chi connectivity index (χ3v) is 5.82. The van der Waals surface area contributed by atoms with Gasteiger partial charge in [-0.25, -0.2) is 0 Å². The first-order valence-corrected chi connectivity index (χ1v) is 9.66. The molecular formula is C23H30N2. The van der Waals surface area contributed by atoms with Crippen LogP contribution in [0.3, 0.4) is 0 Å². The Morgan fingerprint density at radius 2 is 1.80 bits per heavy atom. The molecule has 0 spiro atoms. The molecule has 4 rings (SSSR count). The van der Waals surface area contributed by atoms with Gasteiger partial charge in [-0.2, -0.15) is 0 Å². The van der Waals surface area contributed by atoms with Crippen LogP contribution in [-0.4, -0.2) is 19.1 Å². The molecule has 2 N–H and O–H groups in total. The standard InChI is InChI=1S/C23H30N2/c1-15-12-16(14-17(13-15)23(2,3)4)18-6-5-7-21-22(18)19-8-10-24-11-9-20(19)25-21/h5-7,12-14,19-20,24-25H,8-11H2,1-4H3. The van der Waals surface area contributed by atoms with Gasteiger partial charge in [-0.3, -0.25) is 0 Å². The maximum absolute atomic E-state index is 3.81. The molecule has 132 valence electrons. The average Bonchev–Trinajstić information content (AvgIpc) is 2.75. The van der Waals surface area contributed by atoms with Crippen LogP contribution in [-0.2, 0) is 5.41 Å². The normalized spacial score (nSPS) is 22.7. The van der Waals surface area contributed by atoms with Crippen LogP contribution in [0.15, 0.2) is 36.4 Å². The van der Waals surface area contributed by atoms with Crippen molar-refractivity contribution in [2.45, 2.75) is 57.9 Å². The largest absolute Gasteiger partial charge is 0.381 e. The van der Waals surface area contributed by atoms with Gasteiger partial charge in [-0.1, -0.05) is 56.7 Å². The first-order valence-electron chi connectivity index (χ1n) is 9.66. The van der Waals surface area contributed by atoms with Gasteiger partial charge >= 0.3 is 0 Å². The summed E-state index contributed by atoms with van der Waals surface area (Å²) in [7, 11) is 0. The van der Waals surface area contributed by atoms with Gasteiger partial charge < -0.3 is 10.6 Å². The van der Waals surface area contributed by atoms with Crippen molar-refractivity contribution >= 4 is 5.69 Å². The summed E-state index contributed by atoms with van der Waals surface area (Å²) in [5.74, 6) is 0.625. The summed E-state index contributed by atoms with van der Waals surface area (Å²) in [5.41, 5.74) is 8.64. The van der Waals surface area contributed by atoms with Gasteiger partial charge in [-0.15, -0.1) is 0 Å². The zero-order chi connectivity index (χ0) is 17.6. The van der Waals surface area contributed by atoms with Crippen molar-refractivity contribution in [3.05, 3.63) is 53.1 Å². The van der Waals surface area contributed by atoms with Crippen molar-refractivity contribution in [1.82, 2.24) is 5.32 Å². The Bertz CT molecular complexity index is 785. The van der Waals surface area contributed by atoms with Crippen LogP contribution >= 0.6 is 0 Å². The van der Waals surface area contributed by atoms with Crippen LogP contribution < -0.4 is 10.6 Å². The van der Waals surface area contributed by atoms with Crippen LogP contribution in [0.5, 0.6) is 0 Å². The van der Waals surface area contributed by atoms with Crippen molar-refractivity contribution in [2.24, 2.45) is 0 Å². The number of nitrogens with one attached hydrogen (secondary N) is 2. The van der Waals surface area contributed by atoms with E-state index in [0.29, 0.717) is 12.0 Å². The molecule has 0 radical (unpaired) electrons. The number of fused-ring (bicyclic) bond motifs is 3. The van der Waals surface area contributed by atoms with Crippen LogP contribution in [0.1, 0.15) is 56.2 Å². The molecule has 2 aromatic rings. The summed E-state index contributed by atoms with van der Waals surface area (Å²) < 4.78 is 0. The van der Waals surface area contributed by atoms with Gasteiger partial charge in [0.15, 0.2) is 0 Å². The fourth-order valence-electron chi connectivity index (χ4n) is 4.47. The van der Waals surface area contributed by atoms with E-state index in [4.69, 9.17) is 0 Å². The molecule has 25 heavy (non-hydrogen) atoms. The maximum atomic E-state index is 3.81. The molecule has 2 aliphatic heterocycles. The smallest absolute Gasteiger partial charge is 0.0384 e. The fraction of sp³-hybridized carbons (Fsp3) is 0.478. The highest BCUT2D eigenvalue weighted by Crippen LogP contribution is 2.45. The molecule has 2 heteroatoms. The van der Waals surface area contributed by atoms with Gasteiger partial charge in [0.25, 0.3) is 0 Å². The minimum atomic E-state index is 0.172. The topological polar surface area (TPSA) is 24.1 Å². The van der Waals surface area contributed by atoms with E-state index in [-0.39, 0.29) is 5.41 Å². The second-order valence-electron chi connectivity index (χ2n) is 8.79. The van der Waals surface area contributed by atoms with Gasteiger partial charge in [0.05, 0.1) is 0 Å². The quantitative estimate of drug-likeness (QED) is 0.747. The van der Waals surface area contributed by atoms with E-state index in [2.05, 4.69) is 74.7 Å².